The first-order valence-electron chi connectivity index (χ1n) is 48.3. The van der Waals surface area contributed by atoms with E-state index in [0.717, 1.165) is 182 Å². The van der Waals surface area contributed by atoms with Crippen molar-refractivity contribution in [2.24, 2.45) is 29.6 Å². The first-order valence-corrected chi connectivity index (χ1v) is 48.3. The molecule has 35 nitrogen and oxygen atoms in total. The lowest BCUT2D eigenvalue weighted by Gasteiger charge is -2.27. The topological polar surface area (TPSA) is 377 Å². The van der Waals surface area contributed by atoms with Gasteiger partial charge in [-0.15, -0.1) is 0 Å². The van der Waals surface area contributed by atoms with E-state index < -0.39 is 0 Å². The minimum atomic E-state index is -0.331. The average molecular weight is 1900 g/mol. The van der Waals surface area contributed by atoms with Gasteiger partial charge in [-0.1, -0.05) is 34.6 Å². The number of nitrogens with one attached hydrogen (secondary N) is 5. The second-order valence-electron chi connectivity index (χ2n) is 37.9. The van der Waals surface area contributed by atoms with Crippen LogP contribution in [0.5, 0.6) is 0 Å². The third-order valence-corrected chi connectivity index (χ3v) is 28.8. The molecule has 15 aromatic heterocycles. The average Bonchev–Trinajstić information content (AvgIpc) is 1.63. The molecule has 0 saturated carbocycles. The molecule has 10 atom stereocenters. The number of aryl methyl sites for hydroxylation is 5. The van der Waals surface area contributed by atoms with Gasteiger partial charge in [0.1, 0.15) is 86.6 Å². The van der Waals surface area contributed by atoms with Gasteiger partial charge in [0.2, 0.25) is 29.5 Å². The molecule has 5 amide bonds. The first kappa shape index (κ1) is 91.3. The lowest BCUT2D eigenvalue weighted by Crippen LogP contribution is -2.25. The van der Waals surface area contributed by atoms with Crippen LogP contribution in [-0.2, 0) is 56.1 Å². The monoisotopic (exact) mass is 1900 g/mol. The van der Waals surface area contributed by atoms with E-state index in [4.69, 9.17) is 24.9 Å². The van der Waals surface area contributed by atoms with Crippen molar-refractivity contribution in [1.29, 1.82) is 0 Å². The van der Waals surface area contributed by atoms with Crippen molar-refractivity contribution in [3.8, 4) is 0 Å². The largest absolute Gasteiger partial charge is 0.349 e. The quantitative estimate of drug-likeness (QED) is 0.0880. The molecule has 0 aliphatic carbocycles. The highest BCUT2D eigenvalue weighted by Gasteiger charge is 2.39. The summed E-state index contributed by atoms with van der Waals surface area (Å²) in [6.45, 7) is 13.7. The van der Waals surface area contributed by atoms with Gasteiger partial charge in [0.15, 0.2) is 28.2 Å². The second-order valence-corrected chi connectivity index (χ2v) is 37.9. The van der Waals surface area contributed by atoms with E-state index in [1.54, 1.807) is 83.9 Å². The number of rotatable bonds is 0. The molecule has 5 N–H and O–H groups in total. The lowest BCUT2D eigenvalue weighted by atomic mass is 9.96. The van der Waals surface area contributed by atoms with E-state index in [1.165, 1.54) is 31.0 Å². The Bertz CT molecular complexity index is 6300. The second kappa shape index (κ2) is 38.7. The van der Waals surface area contributed by atoms with Crippen LogP contribution in [0.25, 0.3) is 28.2 Å². The van der Waals surface area contributed by atoms with Crippen LogP contribution < -0.4 is 51.1 Å². The number of halogens is 5. The molecule has 15 aromatic rings. The summed E-state index contributed by atoms with van der Waals surface area (Å²) in [6, 6.07) is 17.7. The summed E-state index contributed by atoms with van der Waals surface area (Å²) in [7, 11) is 0. The lowest BCUT2D eigenvalue weighted by molar-refractivity contribution is -0.120. The summed E-state index contributed by atoms with van der Waals surface area (Å²) in [5, 5.41) is 36.2. The molecular formula is C100H105F5N30O5. The Hall–Kier alpha value is -15.2. The molecule has 10 aliphatic rings. The van der Waals surface area contributed by atoms with Crippen LogP contribution in [0.3, 0.4) is 0 Å². The summed E-state index contributed by atoms with van der Waals surface area (Å²) < 4.78 is 78.6. The van der Waals surface area contributed by atoms with Crippen LogP contribution in [-0.4, -0.2) is 160 Å². The van der Waals surface area contributed by atoms with Gasteiger partial charge in [-0.2, -0.15) is 25.5 Å². The normalized spacial score (nSPS) is 22.2. The fourth-order valence-corrected chi connectivity index (χ4v) is 21.0. The van der Waals surface area contributed by atoms with Gasteiger partial charge < -0.3 is 51.1 Å². The van der Waals surface area contributed by atoms with Gasteiger partial charge in [0.25, 0.3) is 0 Å². The molecule has 0 aromatic carbocycles. The van der Waals surface area contributed by atoms with Crippen LogP contribution in [0.15, 0.2) is 154 Å². The Balaban J connectivity index is 0.000000104. The highest BCUT2D eigenvalue weighted by molar-refractivity contribution is 5.99. The Kier molecular flexibility index (Phi) is 25.2. The third kappa shape index (κ3) is 18.4. The number of pyridine rings is 5. The minimum Gasteiger partial charge on any atom is -0.349 e. The molecule has 140 heavy (non-hydrogen) atoms. The van der Waals surface area contributed by atoms with Gasteiger partial charge in [0.05, 0.1) is 92.2 Å². The molecule has 40 heteroatoms. The number of anilines is 10. The maximum absolute atomic E-state index is 14.1. The zero-order valence-electron chi connectivity index (χ0n) is 78.0. The molecule has 0 spiro atoms. The number of amides is 5. The smallest absolute Gasteiger partial charge is 0.227 e. The summed E-state index contributed by atoms with van der Waals surface area (Å²) >= 11 is 0. The zero-order chi connectivity index (χ0) is 96.3. The van der Waals surface area contributed by atoms with E-state index in [2.05, 4.69) is 101 Å². The van der Waals surface area contributed by atoms with Gasteiger partial charge >= 0.3 is 0 Å². The Morgan fingerprint density at radius 1 is 0.257 bits per heavy atom. The summed E-state index contributed by atoms with van der Waals surface area (Å²) in [6.07, 6.45) is 39.7. The predicted octanol–water partition coefficient (Wildman–Crippen LogP) is 15.6. The van der Waals surface area contributed by atoms with Crippen LogP contribution in [0, 0.1) is 58.7 Å². The number of fused-ring (bicyclic) bond motifs is 25. The number of hydrogen-bond donors (Lipinski definition) is 5. The number of aromatic nitrogens is 20. The Morgan fingerprint density at radius 3 is 0.614 bits per heavy atom. The third-order valence-electron chi connectivity index (χ3n) is 28.8. The molecule has 2 unspecified atom stereocenters. The van der Waals surface area contributed by atoms with Crippen molar-refractivity contribution in [2.45, 2.75) is 193 Å². The first-order chi connectivity index (χ1) is 68.0. The maximum Gasteiger partial charge on any atom is 0.227 e. The zero-order valence-corrected chi connectivity index (χ0v) is 78.0. The van der Waals surface area contributed by atoms with Crippen LogP contribution in [0.4, 0.5) is 79.5 Å². The summed E-state index contributed by atoms with van der Waals surface area (Å²) in [5.74, 6) is 0.900. The molecule has 5 saturated heterocycles. The molecular weight excluding hydrogens is 1800 g/mol. The van der Waals surface area contributed by atoms with Gasteiger partial charge in [-0.3, -0.25) is 48.9 Å². The van der Waals surface area contributed by atoms with Crippen molar-refractivity contribution in [3.05, 3.63) is 239 Å². The van der Waals surface area contributed by atoms with Crippen molar-refractivity contribution >= 4 is 115 Å². The molecule has 10 aliphatic heterocycles. The number of hydrogen-bond acceptors (Lipinski definition) is 25. The van der Waals surface area contributed by atoms with Gasteiger partial charge in [-0.25, -0.2) is 69.4 Å². The number of nitrogens with zero attached hydrogens (tertiary/aromatic N) is 25. The van der Waals surface area contributed by atoms with Crippen molar-refractivity contribution in [1.82, 2.24) is 97.9 Å². The van der Waals surface area contributed by atoms with E-state index in [0.29, 0.717) is 121 Å². The van der Waals surface area contributed by atoms with Gasteiger partial charge in [-0.05, 0) is 217 Å². The van der Waals surface area contributed by atoms with Crippen molar-refractivity contribution < 1.29 is 45.9 Å². The minimum absolute atomic E-state index is 0.0271. The summed E-state index contributed by atoms with van der Waals surface area (Å²) in [4.78, 5) is 120. The predicted molar refractivity (Wildman–Crippen MR) is 513 cm³/mol. The highest BCUT2D eigenvalue weighted by Crippen LogP contribution is 2.45. The molecule has 10 bridgehead atoms. The van der Waals surface area contributed by atoms with Crippen LogP contribution in [0.2, 0.25) is 0 Å². The molecule has 5 fully saturated rings. The van der Waals surface area contributed by atoms with E-state index in [9.17, 15) is 45.9 Å². The SMILES string of the molecule is CC1CCc2ncc(F)cc2C2CCCN2c2ccn3ncc(c3n2)NC1=O.C[C@@H]1CCc2ncc(F)cc2[C@@H]2CCCN2c2ccn3ncc(c3n2)NC1=O.C[C@@H]1CCc2ncc(F)cc2[C@H]2CCCN2c2ccn3ncc(c3n2)NC1=O.C[C@H]1CCc2ncc(F)cc2[C@@H]2CCCN2c2ccn3ncc(c3n2)NC1=O.C[C@H]1CCc2ncc(F)cc2[C@H]2CCCN2c2ccn3ncc(c3n2)NC1=O. The van der Waals surface area contributed by atoms with E-state index in [1.807, 2.05) is 95.9 Å². The van der Waals surface area contributed by atoms with Crippen LogP contribution >= 0.6 is 0 Å². The standard InChI is InChI=1S/5C20H21FN6O/c5*1-12-4-5-15-14(9-13(21)10-22-15)17-3-2-7-26(17)18-6-8-27-19(25-18)16(11-23-27)24-20(12)28/h5*6,8-12,17H,2-5,7H2,1H3,(H,24,28)/t2*12-,17+;2*12-,17-;/m1010./s1. The van der Waals surface area contributed by atoms with Crippen molar-refractivity contribution in [2.75, 3.05) is 83.8 Å². The van der Waals surface area contributed by atoms with E-state index in [-0.39, 0.29) is 118 Å². The molecule has 0 radical (unpaired) electrons. The van der Waals surface area contributed by atoms with Gasteiger partial charge in [0, 0.05) is 122 Å². The Morgan fingerprint density at radius 2 is 0.436 bits per heavy atom. The molecule has 25 heterocycles. The maximum atomic E-state index is 14.1. The van der Waals surface area contributed by atoms with E-state index >= 15 is 0 Å². The number of carbonyl (C=O) groups is 5. The molecule has 720 valence electrons. The fraction of sp³-hybridized carbons (Fsp3) is 0.400. The highest BCUT2D eigenvalue weighted by atomic mass is 19.1. The molecule has 25 rings (SSSR count). The summed E-state index contributed by atoms with van der Waals surface area (Å²) in [5.41, 5.74) is 14.9. The van der Waals surface area contributed by atoms with Crippen molar-refractivity contribution in [3.63, 3.8) is 0 Å². The number of carbonyl (C=O) groups excluding carboxylic acids is 5. The Labute approximate surface area is 800 Å². The van der Waals surface area contributed by atoms with Crippen LogP contribution in [0.1, 0.15) is 217 Å². The fourth-order valence-electron chi connectivity index (χ4n) is 21.0.